The molecule has 0 saturated heterocycles. The van der Waals surface area contributed by atoms with Gasteiger partial charge in [0.25, 0.3) is 0 Å². The van der Waals surface area contributed by atoms with Crippen LogP contribution in [0.2, 0.25) is 0 Å². The Hall–Kier alpha value is 0.384. The molecular weight excluding hydrogens is 184 g/mol. The molecule has 0 heterocycles. The van der Waals surface area contributed by atoms with Gasteiger partial charge in [-0.2, -0.15) is 0 Å². The molecule has 66 valence electrons. The van der Waals surface area contributed by atoms with Crippen molar-refractivity contribution in [1.82, 2.24) is 0 Å². The zero-order valence-corrected chi connectivity index (χ0v) is 9.67. The predicted molar refractivity (Wildman–Crippen MR) is 44.2 cm³/mol. The molecule has 2 atom stereocenters. The van der Waals surface area contributed by atoms with Gasteiger partial charge < -0.3 is 0 Å². The second-order valence-electron chi connectivity index (χ2n) is 4.92. The van der Waals surface area contributed by atoms with Crippen molar-refractivity contribution in [1.29, 1.82) is 0 Å². The Morgan fingerprint density at radius 2 is 1.92 bits per heavy atom. The minimum absolute atomic E-state index is 0. The molecule has 2 fully saturated rings. The van der Waals surface area contributed by atoms with Gasteiger partial charge in [-0.15, -0.1) is 0 Å². The molecule has 2 rings (SSSR count). The molecule has 0 aromatic rings. The van der Waals surface area contributed by atoms with Gasteiger partial charge in [0.05, 0.1) is 0 Å². The number of carbonyl (C=O) groups is 1. The van der Waals surface area contributed by atoms with Crippen LogP contribution in [0.4, 0.5) is 0 Å². The van der Waals surface area contributed by atoms with Crippen molar-refractivity contribution in [3.63, 3.8) is 0 Å². The summed E-state index contributed by atoms with van der Waals surface area (Å²) in [6.07, 6.45) is 3.25. The number of ketones is 1. The van der Waals surface area contributed by atoms with E-state index < -0.39 is 0 Å². The summed E-state index contributed by atoms with van der Waals surface area (Å²) in [6.45, 7) is 6.67. The van der Waals surface area contributed by atoms with E-state index >= 15 is 0 Å². The van der Waals surface area contributed by atoms with Crippen molar-refractivity contribution in [2.45, 2.75) is 40.0 Å². The van der Waals surface area contributed by atoms with Crippen molar-refractivity contribution >= 4 is 5.78 Å². The van der Waals surface area contributed by atoms with E-state index in [-0.39, 0.29) is 32.5 Å². The molecule has 0 radical (unpaired) electrons. The predicted octanol–water partition coefficient (Wildman–Crippen LogP) is 2.40. The maximum atomic E-state index is 11.6. The molecule has 2 unspecified atom stereocenters. The maximum Gasteiger partial charge on any atom is 0.139 e. The van der Waals surface area contributed by atoms with Gasteiger partial charge in [0.2, 0.25) is 0 Å². The van der Waals surface area contributed by atoms with Gasteiger partial charge >= 0.3 is 0 Å². The quantitative estimate of drug-likeness (QED) is 0.548. The molecule has 0 N–H and O–H groups in total. The molecule has 12 heavy (non-hydrogen) atoms. The first-order valence-electron chi connectivity index (χ1n) is 4.52. The molecular formula is C10H16OTi. The van der Waals surface area contributed by atoms with Crippen LogP contribution in [-0.4, -0.2) is 5.78 Å². The van der Waals surface area contributed by atoms with Crippen molar-refractivity contribution in [3.8, 4) is 0 Å². The van der Waals surface area contributed by atoms with Crippen molar-refractivity contribution in [2.75, 3.05) is 0 Å². The molecule has 0 amide bonds. The van der Waals surface area contributed by atoms with E-state index in [1.165, 1.54) is 6.42 Å². The van der Waals surface area contributed by atoms with Crippen LogP contribution in [0, 0.1) is 16.7 Å². The minimum atomic E-state index is 0. The standard InChI is InChI=1S/C10H16O.Ti/c1-9(2)7-4-5-10(9,3)8(11)6-7;/h7H,4-6H2,1-3H3;. The topological polar surface area (TPSA) is 17.1 Å². The second kappa shape index (κ2) is 2.68. The fraction of sp³-hybridized carbons (Fsp3) is 0.900. The number of Topliss-reactive ketones (excluding diaryl/α,β-unsaturated/α-hetero) is 1. The Labute approximate surface area is 89.2 Å². The molecule has 0 aliphatic heterocycles. The fourth-order valence-electron chi connectivity index (χ4n) is 2.90. The van der Waals surface area contributed by atoms with Gasteiger partial charge in [-0.05, 0) is 24.2 Å². The zero-order valence-electron chi connectivity index (χ0n) is 8.11. The normalized spacial score (nSPS) is 42.9. The number of fused-ring (bicyclic) bond motifs is 2. The van der Waals surface area contributed by atoms with Crippen molar-refractivity contribution in [2.24, 2.45) is 16.7 Å². The molecule has 2 saturated carbocycles. The van der Waals surface area contributed by atoms with Crippen LogP contribution < -0.4 is 0 Å². The van der Waals surface area contributed by atoms with Crippen LogP contribution in [0.15, 0.2) is 0 Å². The summed E-state index contributed by atoms with van der Waals surface area (Å²) in [4.78, 5) is 11.6. The van der Waals surface area contributed by atoms with E-state index in [0.717, 1.165) is 12.8 Å². The Bertz CT molecular complexity index is 222. The molecule has 2 heteroatoms. The van der Waals surface area contributed by atoms with E-state index in [0.29, 0.717) is 11.7 Å². The van der Waals surface area contributed by atoms with E-state index in [2.05, 4.69) is 20.8 Å². The van der Waals surface area contributed by atoms with Crippen LogP contribution in [0.25, 0.3) is 0 Å². The van der Waals surface area contributed by atoms with Crippen LogP contribution in [-0.2, 0) is 26.5 Å². The molecule has 0 spiro atoms. The van der Waals surface area contributed by atoms with Gasteiger partial charge in [-0.25, -0.2) is 0 Å². The van der Waals surface area contributed by atoms with Crippen molar-refractivity contribution in [3.05, 3.63) is 0 Å². The average molecular weight is 200 g/mol. The molecule has 1 nitrogen and oxygen atoms in total. The van der Waals surface area contributed by atoms with Crippen LogP contribution in [0.5, 0.6) is 0 Å². The van der Waals surface area contributed by atoms with Gasteiger partial charge in [-0.1, -0.05) is 20.8 Å². The summed E-state index contributed by atoms with van der Waals surface area (Å²) in [5, 5.41) is 0. The Morgan fingerprint density at radius 3 is 2.08 bits per heavy atom. The van der Waals surface area contributed by atoms with Gasteiger partial charge in [-0.3, -0.25) is 4.79 Å². The fourth-order valence-corrected chi connectivity index (χ4v) is 2.90. The number of hydrogen-bond acceptors (Lipinski definition) is 1. The van der Waals surface area contributed by atoms with Crippen LogP contribution in [0.1, 0.15) is 40.0 Å². The summed E-state index contributed by atoms with van der Waals surface area (Å²) >= 11 is 0. The van der Waals surface area contributed by atoms with E-state index in [9.17, 15) is 4.79 Å². The first-order chi connectivity index (χ1) is 4.98. The zero-order chi connectivity index (χ0) is 8.28. The minimum Gasteiger partial charge on any atom is -0.299 e. The summed E-state index contributed by atoms with van der Waals surface area (Å²) in [7, 11) is 0. The third kappa shape index (κ3) is 0.928. The van der Waals surface area contributed by atoms with Gasteiger partial charge in [0, 0.05) is 33.6 Å². The van der Waals surface area contributed by atoms with E-state index in [4.69, 9.17) is 0 Å². The summed E-state index contributed by atoms with van der Waals surface area (Å²) < 4.78 is 0. The average Bonchev–Trinajstić information content (AvgIpc) is 2.20. The van der Waals surface area contributed by atoms with Gasteiger partial charge in [0.15, 0.2) is 0 Å². The Balaban J connectivity index is 0.000000720. The molecule has 2 aliphatic rings. The second-order valence-corrected chi connectivity index (χ2v) is 4.92. The number of hydrogen-bond donors (Lipinski definition) is 0. The van der Waals surface area contributed by atoms with Gasteiger partial charge in [0.1, 0.15) is 5.78 Å². The largest absolute Gasteiger partial charge is 0.299 e. The Kier molecular flexibility index (Phi) is 2.34. The first kappa shape index (κ1) is 10.5. The monoisotopic (exact) mass is 200 g/mol. The Morgan fingerprint density at radius 1 is 1.33 bits per heavy atom. The SMILES string of the molecule is CC12CCC(CC1=O)C2(C)C.[Ti]. The molecule has 2 bridgehead atoms. The number of rotatable bonds is 0. The van der Waals surface area contributed by atoms with E-state index in [1.54, 1.807) is 0 Å². The van der Waals surface area contributed by atoms with Crippen LogP contribution >= 0.6 is 0 Å². The van der Waals surface area contributed by atoms with Crippen LogP contribution in [0.3, 0.4) is 0 Å². The smallest absolute Gasteiger partial charge is 0.139 e. The summed E-state index contributed by atoms with van der Waals surface area (Å²) in [5.41, 5.74) is 0.307. The molecule has 0 aromatic heterocycles. The number of carbonyl (C=O) groups excluding carboxylic acids is 1. The molecule has 0 aromatic carbocycles. The van der Waals surface area contributed by atoms with E-state index in [1.807, 2.05) is 0 Å². The summed E-state index contributed by atoms with van der Waals surface area (Å²) in [5.74, 6) is 1.19. The maximum absolute atomic E-state index is 11.6. The van der Waals surface area contributed by atoms with Crippen molar-refractivity contribution < 1.29 is 26.5 Å². The first-order valence-corrected chi connectivity index (χ1v) is 4.52. The summed E-state index contributed by atoms with van der Waals surface area (Å²) in [6, 6.07) is 0. The third-order valence-electron chi connectivity index (χ3n) is 4.48. The third-order valence-corrected chi connectivity index (χ3v) is 4.48. The molecule has 2 aliphatic carbocycles.